The maximum atomic E-state index is 12.2. The Morgan fingerprint density at radius 1 is 1.30 bits per heavy atom. The van der Waals surface area contributed by atoms with Crippen molar-refractivity contribution in [2.24, 2.45) is 5.92 Å². The first kappa shape index (κ1) is 16.0. The number of urea groups is 1. The average molecular weight is 329 g/mol. The summed E-state index contributed by atoms with van der Waals surface area (Å²) in [6.45, 7) is 4.20. The molecule has 5 heteroatoms. The molecule has 2 aromatic rings. The summed E-state index contributed by atoms with van der Waals surface area (Å²) in [7, 11) is 0. The van der Waals surface area contributed by atoms with E-state index in [-0.39, 0.29) is 12.1 Å². The molecule has 122 valence electrons. The normalized spacial score (nSPS) is 21.0. The fourth-order valence-electron chi connectivity index (χ4n) is 3.08. The molecular weight excluding hydrogens is 306 g/mol. The van der Waals surface area contributed by atoms with Crippen LogP contribution in [0.25, 0.3) is 10.6 Å². The van der Waals surface area contributed by atoms with Gasteiger partial charge in [-0.05, 0) is 37.8 Å². The van der Waals surface area contributed by atoms with Crippen molar-refractivity contribution in [2.45, 2.75) is 45.6 Å². The van der Waals surface area contributed by atoms with E-state index < -0.39 is 0 Å². The summed E-state index contributed by atoms with van der Waals surface area (Å²) in [5.41, 5.74) is 2.86. The van der Waals surface area contributed by atoms with Gasteiger partial charge in [0, 0.05) is 28.4 Å². The molecule has 23 heavy (non-hydrogen) atoms. The van der Waals surface area contributed by atoms with Crippen molar-refractivity contribution in [1.82, 2.24) is 10.3 Å². The lowest BCUT2D eigenvalue weighted by molar-refractivity contribution is 0.232. The molecule has 0 radical (unpaired) electrons. The van der Waals surface area contributed by atoms with Crippen LogP contribution in [0.4, 0.5) is 10.5 Å². The van der Waals surface area contributed by atoms with E-state index in [2.05, 4.69) is 22.5 Å². The molecule has 0 spiro atoms. The molecule has 1 saturated carbocycles. The number of carbonyl (C=O) groups is 1. The smallest absolute Gasteiger partial charge is 0.319 e. The fraction of sp³-hybridized carbons (Fsp3) is 0.444. The number of aromatic nitrogens is 1. The molecule has 4 nitrogen and oxygen atoms in total. The van der Waals surface area contributed by atoms with Crippen LogP contribution in [-0.4, -0.2) is 17.1 Å². The lowest BCUT2D eigenvalue weighted by atomic mass is 9.86. The third-order valence-corrected chi connectivity index (χ3v) is 5.42. The minimum Gasteiger partial charge on any atom is -0.335 e. The van der Waals surface area contributed by atoms with Gasteiger partial charge in [0.05, 0.1) is 0 Å². The van der Waals surface area contributed by atoms with Crippen LogP contribution in [0.5, 0.6) is 0 Å². The Kier molecular flexibility index (Phi) is 4.96. The van der Waals surface area contributed by atoms with Gasteiger partial charge in [-0.25, -0.2) is 9.78 Å². The van der Waals surface area contributed by atoms with Crippen molar-refractivity contribution in [2.75, 3.05) is 5.32 Å². The van der Waals surface area contributed by atoms with Crippen LogP contribution in [0.2, 0.25) is 0 Å². The minimum absolute atomic E-state index is 0.115. The topological polar surface area (TPSA) is 54.0 Å². The quantitative estimate of drug-likeness (QED) is 0.848. The van der Waals surface area contributed by atoms with Gasteiger partial charge in [0.15, 0.2) is 0 Å². The molecule has 3 rings (SSSR count). The summed E-state index contributed by atoms with van der Waals surface area (Å²) in [5, 5.41) is 9.08. The number of anilines is 1. The van der Waals surface area contributed by atoms with Crippen LogP contribution in [0.15, 0.2) is 29.6 Å². The van der Waals surface area contributed by atoms with Crippen LogP contribution in [0, 0.1) is 12.8 Å². The van der Waals surface area contributed by atoms with Crippen molar-refractivity contribution in [3.8, 4) is 10.6 Å². The Morgan fingerprint density at radius 2 is 2.13 bits per heavy atom. The molecule has 1 aliphatic rings. The molecule has 0 aliphatic heterocycles. The van der Waals surface area contributed by atoms with E-state index in [0.717, 1.165) is 28.4 Å². The van der Waals surface area contributed by atoms with E-state index in [1.807, 2.05) is 36.6 Å². The Morgan fingerprint density at radius 3 is 2.87 bits per heavy atom. The van der Waals surface area contributed by atoms with Gasteiger partial charge in [-0.15, -0.1) is 11.3 Å². The molecule has 0 bridgehead atoms. The van der Waals surface area contributed by atoms with E-state index in [1.165, 1.54) is 19.3 Å². The number of hydrogen-bond acceptors (Lipinski definition) is 3. The average Bonchev–Trinajstić information content (AvgIpc) is 2.96. The van der Waals surface area contributed by atoms with Gasteiger partial charge in [0.1, 0.15) is 5.01 Å². The van der Waals surface area contributed by atoms with Crippen molar-refractivity contribution in [3.63, 3.8) is 0 Å². The predicted molar refractivity (Wildman–Crippen MR) is 95.9 cm³/mol. The van der Waals surface area contributed by atoms with Crippen LogP contribution in [-0.2, 0) is 0 Å². The number of hydrogen-bond donors (Lipinski definition) is 2. The second-order valence-corrected chi connectivity index (χ2v) is 7.20. The molecule has 2 unspecified atom stereocenters. The lowest BCUT2D eigenvalue weighted by Crippen LogP contribution is -2.43. The van der Waals surface area contributed by atoms with Crippen molar-refractivity contribution >= 4 is 23.1 Å². The molecule has 1 aliphatic carbocycles. The number of carbonyl (C=O) groups excluding carboxylic acids is 1. The summed E-state index contributed by atoms with van der Waals surface area (Å²) in [6, 6.07) is 8.02. The van der Waals surface area contributed by atoms with Crippen molar-refractivity contribution in [1.29, 1.82) is 0 Å². The van der Waals surface area contributed by atoms with E-state index in [1.54, 1.807) is 11.3 Å². The van der Waals surface area contributed by atoms with Crippen LogP contribution >= 0.6 is 11.3 Å². The SMILES string of the molecule is Cc1csc(-c2cccc(NC(=O)NC3CCCCC3C)c2)n1. The van der Waals surface area contributed by atoms with E-state index in [0.29, 0.717) is 5.92 Å². The predicted octanol–water partition coefficient (Wildman–Crippen LogP) is 4.82. The Balaban J connectivity index is 1.64. The summed E-state index contributed by atoms with van der Waals surface area (Å²) < 4.78 is 0. The zero-order valence-electron chi connectivity index (χ0n) is 13.6. The molecule has 2 atom stereocenters. The zero-order chi connectivity index (χ0) is 16.2. The largest absolute Gasteiger partial charge is 0.335 e. The molecule has 2 amide bonds. The summed E-state index contributed by atoms with van der Waals surface area (Å²) in [5.74, 6) is 0.555. The van der Waals surface area contributed by atoms with Gasteiger partial charge in [0.25, 0.3) is 0 Å². The summed E-state index contributed by atoms with van der Waals surface area (Å²) in [4.78, 5) is 16.7. The van der Waals surface area contributed by atoms with E-state index >= 15 is 0 Å². The summed E-state index contributed by atoms with van der Waals surface area (Å²) in [6.07, 6.45) is 4.75. The molecule has 1 fully saturated rings. The van der Waals surface area contributed by atoms with E-state index in [9.17, 15) is 4.79 Å². The van der Waals surface area contributed by atoms with Gasteiger partial charge >= 0.3 is 6.03 Å². The van der Waals surface area contributed by atoms with Crippen LogP contribution < -0.4 is 10.6 Å². The van der Waals surface area contributed by atoms with Crippen molar-refractivity contribution in [3.05, 3.63) is 35.3 Å². The van der Waals surface area contributed by atoms with Crippen LogP contribution in [0.1, 0.15) is 38.3 Å². The number of nitrogens with zero attached hydrogens (tertiary/aromatic N) is 1. The highest BCUT2D eigenvalue weighted by Crippen LogP contribution is 2.26. The lowest BCUT2D eigenvalue weighted by Gasteiger charge is -2.29. The highest BCUT2D eigenvalue weighted by molar-refractivity contribution is 7.13. The third kappa shape index (κ3) is 4.10. The molecule has 2 N–H and O–H groups in total. The Labute approximate surface area is 141 Å². The zero-order valence-corrected chi connectivity index (χ0v) is 14.5. The second kappa shape index (κ2) is 7.13. The number of benzene rings is 1. The Hall–Kier alpha value is -1.88. The minimum atomic E-state index is -0.115. The fourth-order valence-corrected chi connectivity index (χ4v) is 3.88. The van der Waals surface area contributed by atoms with Crippen molar-refractivity contribution < 1.29 is 4.79 Å². The molecule has 1 aromatic carbocycles. The molecular formula is C18H23N3OS. The highest BCUT2D eigenvalue weighted by Gasteiger charge is 2.22. The van der Waals surface area contributed by atoms with Gasteiger partial charge in [-0.2, -0.15) is 0 Å². The number of rotatable bonds is 3. The second-order valence-electron chi connectivity index (χ2n) is 6.34. The van der Waals surface area contributed by atoms with Gasteiger partial charge in [-0.3, -0.25) is 0 Å². The monoisotopic (exact) mass is 329 g/mol. The van der Waals surface area contributed by atoms with Gasteiger partial charge in [-0.1, -0.05) is 31.9 Å². The first-order chi connectivity index (χ1) is 11.1. The number of nitrogens with one attached hydrogen (secondary N) is 2. The third-order valence-electron chi connectivity index (χ3n) is 4.41. The number of thiazole rings is 1. The Bertz CT molecular complexity index is 682. The van der Waals surface area contributed by atoms with Gasteiger partial charge < -0.3 is 10.6 Å². The number of aryl methyl sites for hydroxylation is 1. The number of amides is 2. The molecule has 0 saturated heterocycles. The van der Waals surface area contributed by atoms with E-state index in [4.69, 9.17) is 0 Å². The molecule has 1 aromatic heterocycles. The first-order valence-corrected chi connectivity index (χ1v) is 9.10. The highest BCUT2D eigenvalue weighted by atomic mass is 32.1. The first-order valence-electron chi connectivity index (χ1n) is 8.22. The van der Waals surface area contributed by atoms with Crippen LogP contribution in [0.3, 0.4) is 0 Å². The standard InChI is InChI=1S/C18H23N3OS/c1-12-6-3-4-9-16(12)21-18(22)20-15-8-5-7-14(10-15)17-19-13(2)11-23-17/h5,7-8,10-12,16H,3-4,6,9H2,1-2H3,(H2,20,21,22). The van der Waals surface area contributed by atoms with Gasteiger partial charge in [0.2, 0.25) is 0 Å². The summed E-state index contributed by atoms with van der Waals surface area (Å²) >= 11 is 1.62. The maximum Gasteiger partial charge on any atom is 0.319 e. The molecule has 1 heterocycles. The maximum absolute atomic E-state index is 12.2.